The van der Waals surface area contributed by atoms with E-state index in [0.717, 1.165) is 18.6 Å². The predicted molar refractivity (Wildman–Crippen MR) is 117 cm³/mol. The van der Waals surface area contributed by atoms with Gasteiger partial charge in [-0.1, -0.05) is 23.2 Å². The van der Waals surface area contributed by atoms with Crippen molar-refractivity contribution >= 4 is 29.1 Å². The van der Waals surface area contributed by atoms with Crippen molar-refractivity contribution in [1.29, 1.82) is 0 Å². The SMILES string of the molecule is O=C(NCOc1ccc(Cl)c(F)c1)C1CCC(NCC(O)COc2ccc(Cl)c(F)c2)C1. The van der Waals surface area contributed by atoms with Crippen LogP contribution in [0.3, 0.4) is 0 Å². The zero-order chi connectivity index (χ0) is 23.1. The number of nitrogens with one attached hydrogen (secondary N) is 2. The lowest BCUT2D eigenvalue weighted by Crippen LogP contribution is -2.38. The average molecular weight is 489 g/mol. The molecule has 3 rings (SSSR count). The van der Waals surface area contributed by atoms with E-state index < -0.39 is 17.7 Å². The third-order valence-electron chi connectivity index (χ3n) is 5.16. The lowest BCUT2D eigenvalue weighted by atomic mass is 10.1. The van der Waals surface area contributed by atoms with Gasteiger partial charge in [-0.3, -0.25) is 4.79 Å². The van der Waals surface area contributed by atoms with Crippen LogP contribution < -0.4 is 20.1 Å². The number of carbonyl (C=O) groups is 1. The maximum atomic E-state index is 13.4. The number of hydrogen-bond acceptors (Lipinski definition) is 5. The third kappa shape index (κ3) is 7.20. The van der Waals surface area contributed by atoms with Crippen LogP contribution in [0.5, 0.6) is 11.5 Å². The number of aliphatic hydroxyl groups is 1. The Morgan fingerprint density at radius 1 is 1.06 bits per heavy atom. The smallest absolute Gasteiger partial charge is 0.225 e. The molecular weight excluding hydrogens is 465 g/mol. The molecule has 1 aliphatic rings. The third-order valence-corrected chi connectivity index (χ3v) is 5.77. The number of hydrogen-bond donors (Lipinski definition) is 3. The minimum atomic E-state index is -0.796. The summed E-state index contributed by atoms with van der Waals surface area (Å²) in [6, 6.07) is 8.22. The second-order valence-corrected chi connectivity index (χ2v) is 8.38. The minimum absolute atomic E-state index is 0.00133. The second-order valence-electron chi connectivity index (χ2n) is 7.56. The van der Waals surface area contributed by atoms with Gasteiger partial charge < -0.3 is 25.2 Å². The van der Waals surface area contributed by atoms with E-state index in [-0.39, 0.29) is 59.3 Å². The Kier molecular flexibility index (Phi) is 8.92. The summed E-state index contributed by atoms with van der Waals surface area (Å²) in [5.74, 6) is -0.936. The van der Waals surface area contributed by atoms with Crippen molar-refractivity contribution in [3.8, 4) is 11.5 Å². The van der Waals surface area contributed by atoms with Gasteiger partial charge in [-0.25, -0.2) is 8.78 Å². The van der Waals surface area contributed by atoms with Gasteiger partial charge in [0, 0.05) is 30.6 Å². The van der Waals surface area contributed by atoms with E-state index in [0.29, 0.717) is 12.8 Å². The van der Waals surface area contributed by atoms with Gasteiger partial charge in [0.25, 0.3) is 0 Å². The maximum Gasteiger partial charge on any atom is 0.225 e. The van der Waals surface area contributed by atoms with Crippen LogP contribution in [0.25, 0.3) is 0 Å². The molecule has 0 saturated heterocycles. The van der Waals surface area contributed by atoms with Crippen LogP contribution in [-0.2, 0) is 4.79 Å². The number of ether oxygens (including phenoxy) is 2. The highest BCUT2D eigenvalue weighted by Crippen LogP contribution is 2.26. The first-order valence-corrected chi connectivity index (χ1v) is 10.9. The van der Waals surface area contributed by atoms with E-state index in [4.69, 9.17) is 32.7 Å². The average Bonchev–Trinajstić information content (AvgIpc) is 3.25. The number of aliphatic hydroxyl groups excluding tert-OH is 1. The molecule has 0 spiro atoms. The number of rotatable bonds is 10. The lowest BCUT2D eigenvalue weighted by molar-refractivity contribution is -0.125. The summed E-state index contributed by atoms with van der Waals surface area (Å²) >= 11 is 11.2. The van der Waals surface area contributed by atoms with Gasteiger partial charge >= 0.3 is 0 Å². The Morgan fingerprint density at radius 2 is 1.69 bits per heavy atom. The molecule has 0 bridgehead atoms. The molecule has 0 aliphatic heterocycles. The molecule has 1 amide bonds. The maximum absolute atomic E-state index is 13.4. The van der Waals surface area contributed by atoms with Gasteiger partial charge in [0.1, 0.15) is 35.8 Å². The highest BCUT2D eigenvalue weighted by molar-refractivity contribution is 6.31. The van der Waals surface area contributed by atoms with E-state index in [1.54, 1.807) is 0 Å². The van der Waals surface area contributed by atoms with Crippen LogP contribution in [0.4, 0.5) is 8.78 Å². The van der Waals surface area contributed by atoms with E-state index >= 15 is 0 Å². The minimum Gasteiger partial charge on any atom is -0.491 e. The molecule has 32 heavy (non-hydrogen) atoms. The van der Waals surface area contributed by atoms with Crippen molar-refractivity contribution in [3.63, 3.8) is 0 Å². The topological polar surface area (TPSA) is 79.8 Å². The molecule has 6 nitrogen and oxygen atoms in total. The number of carbonyl (C=O) groups excluding carboxylic acids is 1. The fourth-order valence-electron chi connectivity index (χ4n) is 3.43. The number of halogens is 4. The van der Waals surface area contributed by atoms with Gasteiger partial charge in [-0.15, -0.1) is 0 Å². The summed E-state index contributed by atoms with van der Waals surface area (Å²) in [4.78, 5) is 12.3. The number of benzene rings is 2. The molecule has 1 saturated carbocycles. The van der Waals surface area contributed by atoms with Gasteiger partial charge in [-0.05, 0) is 43.5 Å². The van der Waals surface area contributed by atoms with Crippen LogP contribution >= 0.6 is 23.2 Å². The molecule has 2 aromatic rings. The molecule has 0 aromatic heterocycles. The highest BCUT2D eigenvalue weighted by atomic mass is 35.5. The summed E-state index contributed by atoms with van der Waals surface area (Å²) < 4.78 is 37.5. The van der Waals surface area contributed by atoms with Crippen molar-refractivity contribution < 1.29 is 28.2 Å². The van der Waals surface area contributed by atoms with Crippen LogP contribution in [-0.4, -0.2) is 43.0 Å². The molecule has 2 aromatic carbocycles. The molecule has 3 atom stereocenters. The Balaban J connectivity index is 1.32. The second kappa shape index (κ2) is 11.7. The van der Waals surface area contributed by atoms with Crippen molar-refractivity contribution in [2.75, 3.05) is 19.9 Å². The normalized spacial score (nSPS) is 18.9. The molecule has 1 fully saturated rings. The fourth-order valence-corrected chi connectivity index (χ4v) is 3.66. The van der Waals surface area contributed by atoms with Gasteiger partial charge in [-0.2, -0.15) is 0 Å². The first kappa shape index (κ1) is 24.5. The predicted octanol–water partition coefficient (Wildman–Crippen LogP) is 3.92. The molecule has 0 heterocycles. The first-order chi connectivity index (χ1) is 15.3. The van der Waals surface area contributed by atoms with Crippen LogP contribution in [0.1, 0.15) is 19.3 Å². The van der Waals surface area contributed by atoms with Crippen LogP contribution in [0.15, 0.2) is 36.4 Å². The van der Waals surface area contributed by atoms with Crippen molar-refractivity contribution in [1.82, 2.24) is 10.6 Å². The molecule has 1 aliphatic carbocycles. The fraction of sp³-hybridized carbons (Fsp3) is 0.409. The molecule has 3 unspecified atom stereocenters. The standard InChI is InChI=1S/C22H24Cl2F2N2O4/c23-18-5-3-16(8-20(18)25)31-11-15(29)10-27-14-2-1-13(7-14)22(30)28-12-32-17-4-6-19(24)21(26)9-17/h3-6,8-9,13-15,27,29H,1-2,7,10-12H2,(H,28,30). The Labute approximate surface area is 194 Å². The van der Waals surface area contributed by atoms with E-state index in [9.17, 15) is 18.7 Å². The van der Waals surface area contributed by atoms with E-state index in [1.807, 2.05) is 0 Å². The van der Waals surface area contributed by atoms with Crippen LogP contribution in [0, 0.1) is 17.6 Å². The van der Waals surface area contributed by atoms with Crippen molar-refractivity contribution in [3.05, 3.63) is 58.1 Å². The summed E-state index contributed by atoms with van der Waals surface area (Å²) in [5.41, 5.74) is 0. The van der Waals surface area contributed by atoms with Gasteiger partial charge in [0.2, 0.25) is 5.91 Å². The Morgan fingerprint density at radius 3 is 2.31 bits per heavy atom. The highest BCUT2D eigenvalue weighted by Gasteiger charge is 2.29. The summed E-state index contributed by atoms with van der Waals surface area (Å²) in [5, 5.41) is 16.0. The summed E-state index contributed by atoms with van der Waals surface area (Å²) in [6.07, 6.45) is 1.32. The molecule has 0 radical (unpaired) electrons. The quantitative estimate of drug-likeness (QED) is 0.441. The molecule has 10 heteroatoms. The zero-order valence-corrected chi connectivity index (χ0v) is 18.6. The van der Waals surface area contributed by atoms with Crippen LogP contribution in [0.2, 0.25) is 10.0 Å². The molecule has 3 N–H and O–H groups in total. The van der Waals surface area contributed by atoms with Gasteiger partial charge in [0.15, 0.2) is 6.73 Å². The van der Waals surface area contributed by atoms with Gasteiger partial charge in [0.05, 0.1) is 10.0 Å². The van der Waals surface area contributed by atoms with Crippen molar-refractivity contribution in [2.45, 2.75) is 31.4 Å². The van der Waals surface area contributed by atoms with E-state index in [2.05, 4.69) is 10.6 Å². The monoisotopic (exact) mass is 488 g/mol. The first-order valence-electron chi connectivity index (χ1n) is 10.2. The Hall–Kier alpha value is -2.13. The summed E-state index contributed by atoms with van der Waals surface area (Å²) in [6.45, 7) is 0.198. The number of amides is 1. The molecule has 174 valence electrons. The van der Waals surface area contributed by atoms with Crippen molar-refractivity contribution in [2.24, 2.45) is 5.92 Å². The zero-order valence-electron chi connectivity index (χ0n) is 17.1. The largest absolute Gasteiger partial charge is 0.491 e. The summed E-state index contributed by atoms with van der Waals surface area (Å²) in [7, 11) is 0. The lowest BCUT2D eigenvalue weighted by Gasteiger charge is -2.17. The Bertz CT molecular complexity index is 935. The van der Waals surface area contributed by atoms with E-state index in [1.165, 1.54) is 24.3 Å². The molecular formula is C22H24Cl2F2N2O4.